The molecule has 2 aromatic rings. The Kier molecular flexibility index (Phi) is 8.34. The SMILES string of the molecule is COc1cccc(C2OCC(=O)[N@@+](CC(C)(C)C)([C@@]3(C(=O)O)CCNC[C@@H]3C(C)=O)c3ccc(Cl)cc32)c1OC. The van der Waals surface area contributed by atoms with E-state index in [0.29, 0.717) is 39.9 Å². The second-order valence-electron chi connectivity index (χ2n) is 11.7. The number of nitrogens with zero attached hydrogens (tertiary/aromatic N) is 1. The van der Waals surface area contributed by atoms with Crippen LogP contribution in [0.4, 0.5) is 5.69 Å². The van der Waals surface area contributed by atoms with E-state index in [0.717, 1.165) is 0 Å². The van der Waals surface area contributed by atoms with E-state index < -0.39 is 39.3 Å². The number of Topliss-reactive ketones (excluding diaryl/α,β-unsaturated/α-hetero) is 1. The molecule has 216 valence electrons. The first-order valence-corrected chi connectivity index (χ1v) is 13.7. The van der Waals surface area contributed by atoms with Gasteiger partial charge in [-0.25, -0.2) is 14.1 Å². The first-order chi connectivity index (χ1) is 18.8. The van der Waals surface area contributed by atoms with Gasteiger partial charge >= 0.3 is 11.9 Å². The van der Waals surface area contributed by atoms with Gasteiger partial charge in [0.15, 0.2) is 18.1 Å². The van der Waals surface area contributed by atoms with E-state index in [1.54, 1.807) is 30.3 Å². The lowest BCUT2D eigenvalue weighted by molar-refractivity contribution is -0.170. The Morgan fingerprint density at radius 2 is 1.90 bits per heavy atom. The Balaban J connectivity index is 2.14. The van der Waals surface area contributed by atoms with Gasteiger partial charge in [0.25, 0.3) is 0 Å². The number of para-hydroxylation sites is 1. The largest absolute Gasteiger partial charge is 0.493 e. The van der Waals surface area contributed by atoms with Gasteiger partial charge in [-0.3, -0.25) is 4.79 Å². The third kappa shape index (κ3) is 4.79. The number of rotatable bonds is 7. The van der Waals surface area contributed by atoms with E-state index in [4.69, 9.17) is 25.8 Å². The van der Waals surface area contributed by atoms with E-state index in [9.17, 15) is 19.5 Å². The summed E-state index contributed by atoms with van der Waals surface area (Å²) in [5.74, 6) is -1.96. The minimum absolute atomic E-state index is 0.0730. The Morgan fingerprint density at radius 1 is 1.18 bits per heavy atom. The third-order valence-corrected chi connectivity index (χ3v) is 8.30. The molecule has 1 saturated heterocycles. The van der Waals surface area contributed by atoms with Crippen molar-refractivity contribution in [1.82, 2.24) is 9.80 Å². The van der Waals surface area contributed by atoms with Crippen molar-refractivity contribution in [2.45, 2.75) is 45.8 Å². The van der Waals surface area contributed by atoms with Gasteiger partial charge in [0, 0.05) is 47.1 Å². The molecule has 0 saturated carbocycles. The molecule has 2 N–H and O–H groups in total. The molecule has 0 radical (unpaired) electrons. The number of nitrogens with one attached hydrogen (secondary N) is 1. The van der Waals surface area contributed by atoms with Gasteiger partial charge in [-0.15, -0.1) is 0 Å². The van der Waals surface area contributed by atoms with Gasteiger partial charge in [0.05, 0.1) is 26.7 Å². The number of quaternary nitrogens is 1. The predicted octanol–water partition coefficient (Wildman–Crippen LogP) is 4.38. The summed E-state index contributed by atoms with van der Waals surface area (Å²) >= 11 is 6.56. The number of ketones is 1. The average Bonchev–Trinajstić information content (AvgIpc) is 3.01. The monoisotopic (exact) mass is 573 g/mol. The lowest BCUT2D eigenvalue weighted by atomic mass is 9.70. The van der Waals surface area contributed by atoms with E-state index in [-0.39, 0.29) is 31.9 Å². The molecule has 2 heterocycles. The summed E-state index contributed by atoms with van der Waals surface area (Å²) in [6.07, 6.45) is -0.755. The molecular formula is C30H38ClN2O7+. The van der Waals surface area contributed by atoms with Crippen molar-refractivity contribution in [3.63, 3.8) is 0 Å². The highest BCUT2D eigenvalue weighted by Gasteiger charge is 2.70. The van der Waals surface area contributed by atoms with E-state index >= 15 is 0 Å². The third-order valence-electron chi connectivity index (χ3n) is 8.06. The van der Waals surface area contributed by atoms with Crippen LogP contribution < -0.4 is 19.3 Å². The van der Waals surface area contributed by atoms with Gasteiger partial charge in [0.1, 0.15) is 17.6 Å². The predicted molar refractivity (Wildman–Crippen MR) is 152 cm³/mol. The fraction of sp³-hybridized carbons (Fsp3) is 0.500. The quantitative estimate of drug-likeness (QED) is 0.470. The number of carbonyl (C=O) groups is 3. The summed E-state index contributed by atoms with van der Waals surface area (Å²) in [7, 11) is 3.05. The van der Waals surface area contributed by atoms with Crippen LogP contribution in [0.5, 0.6) is 11.5 Å². The molecule has 4 atom stereocenters. The van der Waals surface area contributed by atoms with Gasteiger partial charge in [-0.05, 0) is 25.1 Å². The minimum Gasteiger partial charge on any atom is -0.493 e. The zero-order chi connectivity index (χ0) is 29.5. The number of ether oxygens (including phenoxy) is 3. The number of carboxylic acids is 1. The summed E-state index contributed by atoms with van der Waals surface area (Å²) in [6, 6.07) is 10.5. The number of carbonyl (C=O) groups excluding carboxylic acids is 2. The lowest BCUT2D eigenvalue weighted by Crippen LogP contribution is -2.80. The maximum atomic E-state index is 14.7. The number of hydrogen-bond donors (Lipinski definition) is 2. The molecule has 2 aliphatic heterocycles. The zero-order valence-electron chi connectivity index (χ0n) is 23.9. The molecule has 9 nitrogen and oxygen atoms in total. The number of halogens is 1. The zero-order valence-corrected chi connectivity index (χ0v) is 24.6. The van der Waals surface area contributed by atoms with Crippen molar-refractivity contribution < 1.29 is 33.7 Å². The van der Waals surface area contributed by atoms with E-state index in [1.165, 1.54) is 21.1 Å². The Morgan fingerprint density at radius 3 is 2.50 bits per heavy atom. The van der Waals surface area contributed by atoms with Crippen LogP contribution in [-0.4, -0.2) is 68.8 Å². The standard InChI is InChI=1S/C30H37ClN2O7/c1-18(34)22-15-32-13-12-30(22,28(36)37)33(17-29(2,3)4)23-11-10-19(31)14-21(23)26(40-16-25(33)35)20-8-7-9-24(38-5)27(20)39-6/h7-11,14,22,26,32H,12-13,15-17H2,1-6H3/p+1/t22-,26?,30+,33+/m1/s1. The van der Waals surface area contributed by atoms with E-state index in [1.807, 2.05) is 26.8 Å². The summed E-state index contributed by atoms with van der Waals surface area (Å²) < 4.78 is 17.0. The molecule has 0 aliphatic carbocycles. The summed E-state index contributed by atoms with van der Waals surface area (Å²) in [5, 5.41) is 14.7. The van der Waals surface area contributed by atoms with Crippen LogP contribution in [0.25, 0.3) is 0 Å². The topological polar surface area (TPSA) is 111 Å². The highest BCUT2D eigenvalue weighted by Crippen LogP contribution is 2.52. The number of piperidine rings is 1. The number of hydrogen-bond acceptors (Lipinski definition) is 7. The smallest absolute Gasteiger partial charge is 0.367 e. The Labute approximate surface area is 239 Å². The number of aliphatic carboxylic acids is 1. The van der Waals surface area contributed by atoms with Crippen LogP contribution in [0.1, 0.15) is 51.3 Å². The second-order valence-corrected chi connectivity index (χ2v) is 12.2. The maximum absolute atomic E-state index is 14.7. The molecule has 4 rings (SSSR count). The van der Waals surface area contributed by atoms with Gasteiger partial charge in [-0.1, -0.05) is 44.5 Å². The molecule has 1 amide bonds. The maximum Gasteiger partial charge on any atom is 0.367 e. The van der Waals surface area contributed by atoms with Crippen LogP contribution in [0.2, 0.25) is 5.02 Å². The molecule has 10 heteroatoms. The van der Waals surface area contributed by atoms with Gasteiger partial charge in [-0.2, -0.15) is 0 Å². The van der Waals surface area contributed by atoms with Crippen LogP contribution in [0.15, 0.2) is 36.4 Å². The molecule has 0 bridgehead atoms. The van der Waals surface area contributed by atoms with Crippen LogP contribution in [0, 0.1) is 11.3 Å². The number of carboxylic acid groups (broad SMARTS) is 1. The number of amides is 1. The average molecular weight is 574 g/mol. The molecular weight excluding hydrogens is 536 g/mol. The highest BCUT2D eigenvalue weighted by atomic mass is 35.5. The first-order valence-electron chi connectivity index (χ1n) is 13.3. The molecule has 2 aliphatic rings. The van der Waals surface area contributed by atoms with E-state index in [2.05, 4.69) is 5.32 Å². The first kappa shape index (κ1) is 30.0. The molecule has 2 aromatic carbocycles. The Hall–Kier alpha value is -2.98. The molecule has 0 aromatic heterocycles. The minimum atomic E-state index is -1.78. The van der Waals surface area contributed by atoms with Crippen molar-refractivity contribution in [3.8, 4) is 11.5 Å². The van der Waals surface area contributed by atoms with Crippen molar-refractivity contribution >= 4 is 34.9 Å². The fourth-order valence-corrected chi connectivity index (χ4v) is 6.82. The summed E-state index contributed by atoms with van der Waals surface area (Å²) in [4.78, 5) is 41.4. The summed E-state index contributed by atoms with van der Waals surface area (Å²) in [5.41, 5.74) is -0.704. The Bertz CT molecular complexity index is 1320. The fourth-order valence-electron chi connectivity index (χ4n) is 6.64. The molecule has 40 heavy (non-hydrogen) atoms. The van der Waals surface area contributed by atoms with Crippen LogP contribution in [-0.2, 0) is 19.1 Å². The van der Waals surface area contributed by atoms with Crippen molar-refractivity contribution in [2.24, 2.45) is 11.3 Å². The number of fused-ring (bicyclic) bond motifs is 1. The van der Waals surface area contributed by atoms with Crippen molar-refractivity contribution in [2.75, 3.05) is 40.5 Å². The van der Waals surface area contributed by atoms with Crippen LogP contribution >= 0.6 is 11.6 Å². The molecule has 1 fully saturated rings. The van der Waals surface area contributed by atoms with Crippen molar-refractivity contribution in [1.29, 1.82) is 0 Å². The number of methoxy groups -OCH3 is 2. The number of benzene rings is 2. The summed E-state index contributed by atoms with van der Waals surface area (Å²) in [6.45, 7) is 7.51. The van der Waals surface area contributed by atoms with Crippen molar-refractivity contribution in [3.05, 3.63) is 52.5 Å². The van der Waals surface area contributed by atoms with Crippen LogP contribution in [0.3, 0.4) is 0 Å². The highest BCUT2D eigenvalue weighted by molar-refractivity contribution is 6.30. The van der Waals surface area contributed by atoms with Gasteiger partial charge in [0.2, 0.25) is 5.54 Å². The lowest BCUT2D eigenvalue weighted by Gasteiger charge is -2.54. The molecule has 1 unspecified atom stereocenters. The second kappa shape index (κ2) is 11.1. The van der Waals surface area contributed by atoms with Gasteiger partial charge < -0.3 is 24.6 Å². The normalized spacial score (nSPS) is 26.9. The molecule has 0 spiro atoms.